The number of hydrogen-bond donors (Lipinski definition) is 3. The van der Waals surface area contributed by atoms with Crippen molar-refractivity contribution in [2.75, 3.05) is 37.2 Å². The van der Waals surface area contributed by atoms with Crippen LogP contribution >= 0.6 is 45.3 Å². The third kappa shape index (κ3) is 19.6. The van der Waals surface area contributed by atoms with Gasteiger partial charge in [-0.1, -0.05) is 13.8 Å². The molecule has 2 atom stereocenters. The molecule has 2 aromatic carbocycles. The second-order valence-corrected chi connectivity index (χ2v) is 29.6. The molecule has 4 aromatic heterocycles. The van der Waals surface area contributed by atoms with E-state index >= 15 is 0 Å². The standard InChI is InChI=1S/C31H41FN4O5S2.C19H20FN3O2S2.C12H23NO4/c1-9-18(2)36(29(39)41-31(6,7)8)15-13-24(37)34-27-25(26-33-21-16-19(32)10-11-22(21)42-26)20-12-14-35(17-23(20)43-27)28(38)40-30(3,4)5;1-19(2,3)25-18(24)23-7-6-11-14(9-23)26-16(21)15(11)17-22-12-8-10(20)4-5-13(12)27-17;1-6-9(2)13(8-7-10(14)15)11(16)17-12(3,4)5/h10-11,16,18H,9,12-15,17H2,1-8H3,(H,34,37);4-5,8H,6-7,9,21H2,1-3H3;9H,6-8H2,1-5H3,(H,14,15). The molecule has 2 aliphatic rings. The van der Waals surface area contributed by atoms with Crippen molar-refractivity contribution in [3.63, 3.8) is 0 Å². The second kappa shape index (κ2) is 28.6. The zero-order valence-corrected chi connectivity index (χ0v) is 56.0. The number of benzene rings is 2. The number of fused-ring (bicyclic) bond motifs is 4. The van der Waals surface area contributed by atoms with Gasteiger partial charge in [-0.2, -0.15) is 0 Å². The monoisotopic (exact) mass is 1280 g/mol. The highest BCUT2D eigenvalue weighted by Crippen LogP contribution is 2.47. The number of ether oxygens (including phenoxy) is 4. The molecule has 25 heteroatoms. The Bertz CT molecular complexity index is 3440. The van der Waals surface area contributed by atoms with Gasteiger partial charge in [0.2, 0.25) is 5.91 Å². The molecule has 87 heavy (non-hydrogen) atoms. The quantitative estimate of drug-likeness (QED) is 0.0912. The number of thiophene rings is 2. The van der Waals surface area contributed by atoms with Crippen molar-refractivity contribution in [3.05, 3.63) is 68.9 Å². The summed E-state index contributed by atoms with van der Waals surface area (Å²) in [6, 6.07) is 9.00. The molecule has 0 aliphatic carbocycles. The summed E-state index contributed by atoms with van der Waals surface area (Å²) in [6.45, 7) is 31.9. The van der Waals surface area contributed by atoms with E-state index < -0.39 is 40.6 Å². The molecule has 0 saturated carbocycles. The minimum atomic E-state index is -0.915. The average Bonchev–Trinajstić information content (AvgIpc) is 1.66. The number of carbonyl (C=O) groups excluding carboxylic acids is 5. The Balaban J connectivity index is 0.000000233. The molecule has 19 nitrogen and oxygen atoms in total. The van der Waals surface area contributed by atoms with E-state index in [9.17, 15) is 37.5 Å². The summed E-state index contributed by atoms with van der Waals surface area (Å²) in [5, 5.41) is 14.5. The topological polar surface area (TPSA) is 236 Å². The van der Waals surface area contributed by atoms with Gasteiger partial charge in [0.15, 0.2) is 0 Å². The number of aliphatic carboxylic acids is 1. The number of nitrogens with one attached hydrogen (secondary N) is 1. The third-order valence-electron chi connectivity index (χ3n) is 13.5. The smallest absolute Gasteiger partial charge is 0.410 e. The summed E-state index contributed by atoms with van der Waals surface area (Å²) < 4.78 is 51.1. The minimum absolute atomic E-state index is 0.0239. The number of amides is 5. The average molecular weight is 1280 g/mol. The highest BCUT2D eigenvalue weighted by Gasteiger charge is 2.34. The summed E-state index contributed by atoms with van der Waals surface area (Å²) >= 11 is 5.83. The molecule has 0 spiro atoms. The minimum Gasteiger partial charge on any atom is -0.481 e. The van der Waals surface area contributed by atoms with Gasteiger partial charge in [0.1, 0.15) is 49.1 Å². The number of anilines is 2. The summed E-state index contributed by atoms with van der Waals surface area (Å²) in [5.41, 5.74) is 9.01. The Morgan fingerprint density at radius 2 is 1.02 bits per heavy atom. The molecular weight excluding hydrogens is 1200 g/mol. The van der Waals surface area contributed by atoms with Gasteiger partial charge in [0.25, 0.3) is 0 Å². The molecule has 5 amide bonds. The summed E-state index contributed by atoms with van der Waals surface area (Å²) in [4.78, 5) is 91.6. The van der Waals surface area contributed by atoms with Crippen LogP contribution in [-0.4, -0.2) is 132 Å². The Hall–Kier alpha value is -6.70. The molecular formula is C62H84F2N8O11S4. The van der Waals surface area contributed by atoms with E-state index in [-0.39, 0.29) is 67.7 Å². The first-order valence-electron chi connectivity index (χ1n) is 29.1. The number of thiazole rings is 2. The van der Waals surface area contributed by atoms with E-state index in [1.54, 1.807) is 47.6 Å². The zero-order valence-electron chi connectivity index (χ0n) is 52.8. The van der Waals surface area contributed by atoms with E-state index in [4.69, 9.17) is 34.8 Å². The van der Waals surface area contributed by atoms with Crippen LogP contribution in [0.15, 0.2) is 36.4 Å². The molecule has 0 fully saturated rings. The molecule has 8 rings (SSSR count). The largest absolute Gasteiger partial charge is 0.481 e. The number of aromatic nitrogens is 2. The van der Waals surface area contributed by atoms with E-state index in [1.165, 1.54) is 74.5 Å². The van der Waals surface area contributed by atoms with Crippen molar-refractivity contribution in [2.24, 2.45) is 0 Å². The number of carboxylic acid groups (broad SMARTS) is 1. The Kier molecular flexibility index (Phi) is 22.8. The maximum atomic E-state index is 14.0. The van der Waals surface area contributed by atoms with Crippen molar-refractivity contribution < 1.29 is 61.6 Å². The first-order chi connectivity index (χ1) is 40.4. The number of carboxylic acids is 1. The number of hydrogen-bond acceptors (Lipinski definition) is 17. The van der Waals surface area contributed by atoms with Crippen molar-refractivity contribution >= 4 is 112 Å². The zero-order chi connectivity index (χ0) is 64.7. The van der Waals surface area contributed by atoms with Crippen LogP contribution in [0.2, 0.25) is 0 Å². The van der Waals surface area contributed by atoms with Crippen molar-refractivity contribution in [2.45, 2.75) is 197 Å². The molecule has 476 valence electrons. The van der Waals surface area contributed by atoms with Gasteiger partial charge < -0.3 is 54.7 Å². The predicted molar refractivity (Wildman–Crippen MR) is 342 cm³/mol. The Morgan fingerprint density at radius 1 is 0.621 bits per heavy atom. The maximum absolute atomic E-state index is 14.0. The molecule has 2 aliphatic heterocycles. The number of nitrogen functional groups attached to an aromatic ring is 1. The highest BCUT2D eigenvalue weighted by molar-refractivity contribution is 7.23. The first-order valence-corrected chi connectivity index (χ1v) is 32.3. The third-order valence-corrected chi connectivity index (χ3v) is 17.8. The lowest BCUT2D eigenvalue weighted by atomic mass is 10.0. The maximum Gasteiger partial charge on any atom is 0.410 e. The predicted octanol–water partition coefficient (Wildman–Crippen LogP) is 15.4. The molecule has 6 aromatic rings. The first kappa shape index (κ1) is 69.4. The van der Waals surface area contributed by atoms with E-state index in [0.29, 0.717) is 65.1 Å². The van der Waals surface area contributed by atoms with Crippen LogP contribution in [0, 0.1) is 11.6 Å². The molecule has 0 saturated heterocycles. The number of nitrogens with zero attached hydrogens (tertiary/aromatic N) is 6. The van der Waals surface area contributed by atoms with Gasteiger partial charge in [0, 0.05) is 77.7 Å². The molecule has 0 bridgehead atoms. The normalized spacial score (nSPS) is 14.1. The second-order valence-electron chi connectivity index (χ2n) is 25.3. The Labute approximate surface area is 524 Å². The summed E-state index contributed by atoms with van der Waals surface area (Å²) in [6.07, 6.45) is 1.14. The van der Waals surface area contributed by atoms with Crippen LogP contribution in [0.1, 0.15) is 157 Å². The van der Waals surface area contributed by atoms with E-state index in [2.05, 4.69) is 10.3 Å². The van der Waals surface area contributed by atoms with Crippen molar-refractivity contribution in [1.82, 2.24) is 29.6 Å². The van der Waals surface area contributed by atoms with Crippen molar-refractivity contribution in [3.8, 4) is 21.1 Å². The van der Waals surface area contributed by atoms with Crippen LogP contribution in [-0.2, 0) is 54.5 Å². The van der Waals surface area contributed by atoms with Crippen LogP contribution in [0.3, 0.4) is 0 Å². The fourth-order valence-corrected chi connectivity index (χ4v) is 13.7. The molecule has 0 radical (unpaired) electrons. The van der Waals surface area contributed by atoms with Gasteiger partial charge in [-0.15, -0.1) is 45.3 Å². The lowest BCUT2D eigenvalue weighted by molar-refractivity contribution is -0.137. The van der Waals surface area contributed by atoms with Gasteiger partial charge in [-0.05, 0) is 158 Å². The highest BCUT2D eigenvalue weighted by atomic mass is 32.1. The Morgan fingerprint density at radius 3 is 1.44 bits per heavy atom. The van der Waals surface area contributed by atoms with Crippen molar-refractivity contribution in [1.29, 1.82) is 0 Å². The van der Waals surface area contributed by atoms with Gasteiger partial charge >= 0.3 is 30.3 Å². The van der Waals surface area contributed by atoms with Crippen LogP contribution < -0.4 is 11.1 Å². The lowest BCUT2D eigenvalue weighted by Gasteiger charge is -2.31. The van der Waals surface area contributed by atoms with Gasteiger partial charge in [-0.25, -0.2) is 37.9 Å². The molecule has 2 unspecified atom stereocenters. The number of rotatable bonds is 13. The van der Waals surface area contributed by atoms with E-state index in [1.807, 2.05) is 90.0 Å². The van der Waals surface area contributed by atoms with Crippen LogP contribution in [0.5, 0.6) is 0 Å². The van der Waals surface area contributed by atoms with Gasteiger partial charge in [-0.3, -0.25) is 9.59 Å². The fraction of sp³-hybridized carbons (Fsp3) is 0.548. The molecule has 6 heterocycles. The van der Waals surface area contributed by atoms with Crippen LogP contribution in [0.25, 0.3) is 41.6 Å². The van der Waals surface area contributed by atoms with E-state index in [0.717, 1.165) is 59.3 Å². The van der Waals surface area contributed by atoms with Crippen LogP contribution in [0.4, 0.5) is 38.0 Å². The lowest BCUT2D eigenvalue weighted by Crippen LogP contribution is -2.43. The fourth-order valence-electron chi connectivity index (χ4n) is 9.05. The number of halogens is 2. The molecule has 4 N–H and O–H groups in total. The SMILES string of the molecule is CC(C)(C)OC(=O)N1CCc2c(sc(N)c2-c2nc3cc(F)ccc3s2)C1.CCC(C)N(CCC(=O)Nc1sc2c(c1-c1nc3cc(F)ccc3s1)CCN(C(=O)OC(C)(C)C)C2)C(=O)OC(C)(C)C.CCC(C)N(CCC(=O)O)C(=O)OC(C)(C)C. The summed E-state index contributed by atoms with van der Waals surface area (Å²) in [7, 11) is 0. The number of carbonyl (C=O) groups is 6. The number of nitrogens with two attached hydrogens (primary N) is 1. The van der Waals surface area contributed by atoms with Gasteiger partial charge in [0.05, 0.1) is 44.9 Å². The summed E-state index contributed by atoms with van der Waals surface area (Å²) in [5.74, 6) is -1.84.